The Balaban J connectivity index is 1.98. The third-order valence-corrected chi connectivity index (χ3v) is 5.72. The van der Waals surface area contributed by atoms with Crippen molar-refractivity contribution in [1.29, 1.82) is 0 Å². The molecule has 5 nitrogen and oxygen atoms in total. The number of hydrogen-bond donors (Lipinski definition) is 0. The number of nitrogens with zero attached hydrogens (tertiary/aromatic N) is 2. The zero-order chi connectivity index (χ0) is 23.5. The molecule has 174 valence electrons. The Morgan fingerprint density at radius 3 is 2.31 bits per heavy atom. The van der Waals surface area contributed by atoms with E-state index in [1.807, 2.05) is 47.4 Å². The van der Waals surface area contributed by atoms with E-state index >= 15 is 0 Å². The standard InChI is InChI=1S/C24H29F3N2O3/c1-16(2)29(15-24(25,26)27)22(30)14-28-11-10-18-12-20(31-3)21(32-4)13-19(18)23(28)17-8-6-5-7-9-17/h5-9,12-13,16,23H,10-11,14-15H2,1-4H3. The zero-order valence-electron chi connectivity index (χ0n) is 18.8. The number of benzene rings is 2. The number of ether oxygens (including phenoxy) is 2. The Hall–Kier alpha value is -2.74. The summed E-state index contributed by atoms with van der Waals surface area (Å²) < 4.78 is 50.1. The Morgan fingerprint density at radius 2 is 1.75 bits per heavy atom. The molecule has 1 aliphatic rings. The predicted octanol–water partition coefficient (Wildman–Crippen LogP) is 4.45. The fourth-order valence-electron chi connectivity index (χ4n) is 4.21. The van der Waals surface area contributed by atoms with E-state index in [2.05, 4.69) is 0 Å². The molecule has 0 radical (unpaired) electrons. The van der Waals surface area contributed by atoms with Crippen LogP contribution < -0.4 is 9.47 Å². The van der Waals surface area contributed by atoms with Crippen molar-refractivity contribution in [3.05, 3.63) is 59.2 Å². The van der Waals surface area contributed by atoms with Crippen molar-refractivity contribution in [1.82, 2.24) is 9.80 Å². The summed E-state index contributed by atoms with van der Waals surface area (Å²) >= 11 is 0. The van der Waals surface area contributed by atoms with Crippen molar-refractivity contribution >= 4 is 5.91 Å². The van der Waals surface area contributed by atoms with Gasteiger partial charge >= 0.3 is 6.18 Å². The molecule has 1 atom stereocenters. The highest BCUT2D eigenvalue weighted by atomic mass is 19.4. The molecule has 0 aromatic heterocycles. The average Bonchev–Trinajstić information content (AvgIpc) is 2.76. The van der Waals surface area contributed by atoms with E-state index in [1.54, 1.807) is 28.1 Å². The number of methoxy groups -OCH3 is 2. The van der Waals surface area contributed by atoms with Crippen molar-refractivity contribution in [3.63, 3.8) is 0 Å². The van der Waals surface area contributed by atoms with Gasteiger partial charge in [0.15, 0.2) is 11.5 Å². The van der Waals surface area contributed by atoms with E-state index < -0.39 is 24.7 Å². The smallest absolute Gasteiger partial charge is 0.406 e. The van der Waals surface area contributed by atoms with E-state index in [0.29, 0.717) is 24.5 Å². The minimum absolute atomic E-state index is 0.110. The molecule has 0 spiro atoms. The van der Waals surface area contributed by atoms with Crippen molar-refractivity contribution in [3.8, 4) is 11.5 Å². The molecule has 0 saturated heterocycles. The number of carbonyl (C=O) groups excluding carboxylic acids is 1. The second-order valence-corrected chi connectivity index (χ2v) is 8.17. The van der Waals surface area contributed by atoms with Crippen molar-refractivity contribution in [2.24, 2.45) is 0 Å². The first-order valence-electron chi connectivity index (χ1n) is 10.5. The predicted molar refractivity (Wildman–Crippen MR) is 116 cm³/mol. The Kier molecular flexibility index (Phi) is 7.33. The van der Waals surface area contributed by atoms with E-state index in [4.69, 9.17) is 9.47 Å². The molecule has 2 aromatic rings. The van der Waals surface area contributed by atoms with Gasteiger partial charge in [0.2, 0.25) is 5.91 Å². The lowest BCUT2D eigenvalue weighted by molar-refractivity contribution is -0.165. The van der Waals surface area contributed by atoms with Crippen LogP contribution in [-0.4, -0.2) is 61.8 Å². The number of halogens is 3. The maximum atomic E-state index is 13.1. The van der Waals surface area contributed by atoms with Gasteiger partial charge in [-0.2, -0.15) is 13.2 Å². The second-order valence-electron chi connectivity index (χ2n) is 8.17. The number of hydrogen-bond acceptors (Lipinski definition) is 4. The first-order chi connectivity index (χ1) is 15.1. The molecule has 1 heterocycles. The monoisotopic (exact) mass is 450 g/mol. The van der Waals surface area contributed by atoms with Crippen LogP contribution in [0.4, 0.5) is 13.2 Å². The van der Waals surface area contributed by atoms with Gasteiger partial charge in [-0.1, -0.05) is 30.3 Å². The summed E-state index contributed by atoms with van der Waals surface area (Å²) in [6.45, 7) is 2.37. The fourth-order valence-corrected chi connectivity index (χ4v) is 4.21. The fraction of sp³-hybridized carbons (Fsp3) is 0.458. The van der Waals surface area contributed by atoms with Gasteiger partial charge in [-0.15, -0.1) is 0 Å². The molecule has 2 aromatic carbocycles. The highest BCUT2D eigenvalue weighted by molar-refractivity contribution is 5.79. The summed E-state index contributed by atoms with van der Waals surface area (Å²) in [6.07, 6.45) is -3.80. The topological polar surface area (TPSA) is 42.0 Å². The highest BCUT2D eigenvalue weighted by Gasteiger charge is 2.37. The number of fused-ring (bicyclic) bond motifs is 1. The van der Waals surface area contributed by atoms with Crippen LogP contribution in [0, 0.1) is 0 Å². The summed E-state index contributed by atoms with van der Waals surface area (Å²) in [7, 11) is 3.14. The first-order valence-corrected chi connectivity index (χ1v) is 10.5. The van der Waals surface area contributed by atoms with Gasteiger partial charge in [0.05, 0.1) is 26.8 Å². The van der Waals surface area contributed by atoms with Crippen LogP contribution in [0.25, 0.3) is 0 Å². The molecule has 1 aliphatic heterocycles. The number of amides is 1. The average molecular weight is 451 g/mol. The maximum Gasteiger partial charge on any atom is 0.406 e. The van der Waals surface area contributed by atoms with Crippen molar-refractivity contribution in [2.75, 3.05) is 33.9 Å². The van der Waals surface area contributed by atoms with Gasteiger partial charge in [-0.05, 0) is 49.1 Å². The highest BCUT2D eigenvalue weighted by Crippen LogP contribution is 2.41. The molecule has 8 heteroatoms. The number of carbonyl (C=O) groups is 1. The quantitative estimate of drug-likeness (QED) is 0.625. The van der Waals surface area contributed by atoms with Gasteiger partial charge in [-0.25, -0.2) is 0 Å². The molecular formula is C24H29F3N2O3. The van der Waals surface area contributed by atoms with Crippen LogP contribution in [0.15, 0.2) is 42.5 Å². The van der Waals surface area contributed by atoms with E-state index in [0.717, 1.165) is 21.6 Å². The van der Waals surface area contributed by atoms with E-state index in [-0.39, 0.29) is 12.6 Å². The molecular weight excluding hydrogens is 421 g/mol. The first kappa shape index (κ1) is 23.9. The molecule has 0 saturated carbocycles. The lowest BCUT2D eigenvalue weighted by atomic mass is 9.87. The van der Waals surface area contributed by atoms with Crippen LogP contribution in [0.2, 0.25) is 0 Å². The minimum Gasteiger partial charge on any atom is -0.493 e. The Morgan fingerprint density at radius 1 is 1.12 bits per heavy atom. The molecule has 0 aliphatic carbocycles. The van der Waals surface area contributed by atoms with Gasteiger partial charge in [0, 0.05) is 12.6 Å². The lowest BCUT2D eigenvalue weighted by Crippen LogP contribution is -2.49. The molecule has 3 rings (SSSR count). The molecule has 0 fully saturated rings. The number of rotatable bonds is 7. The Labute approximate surface area is 186 Å². The molecule has 32 heavy (non-hydrogen) atoms. The van der Waals surface area contributed by atoms with Crippen molar-refractivity contribution in [2.45, 2.75) is 38.5 Å². The molecule has 0 N–H and O–H groups in total. The molecule has 0 bridgehead atoms. The van der Waals surface area contributed by atoms with E-state index in [9.17, 15) is 18.0 Å². The summed E-state index contributed by atoms with van der Waals surface area (Å²) in [4.78, 5) is 15.8. The van der Waals surface area contributed by atoms with E-state index in [1.165, 1.54) is 0 Å². The summed E-state index contributed by atoms with van der Waals surface area (Å²) in [5.41, 5.74) is 2.98. The third kappa shape index (κ3) is 5.35. The van der Waals surface area contributed by atoms with Crippen LogP contribution in [0.1, 0.15) is 36.6 Å². The van der Waals surface area contributed by atoms with Gasteiger partial charge in [-0.3, -0.25) is 9.69 Å². The molecule has 1 unspecified atom stereocenters. The van der Waals surface area contributed by atoms with Gasteiger partial charge < -0.3 is 14.4 Å². The van der Waals surface area contributed by atoms with Crippen LogP contribution >= 0.6 is 0 Å². The normalized spacial score (nSPS) is 16.6. The largest absolute Gasteiger partial charge is 0.493 e. The third-order valence-electron chi connectivity index (χ3n) is 5.72. The lowest BCUT2D eigenvalue weighted by Gasteiger charge is -2.39. The second kappa shape index (κ2) is 9.81. The zero-order valence-corrected chi connectivity index (χ0v) is 18.8. The van der Waals surface area contributed by atoms with Crippen LogP contribution in [0.5, 0.6) is 11.5 Å². The summed E-state index contributed by atoms with van der Waals surface area (Å²) in [5, 5.41) is 0. The van der Waals surface area contributed by atoms with Crippen molar-refractivity contribution < 1.29 is 27.4 Å². The minimum atomic E-state index is -4.45. The SMILES string of the molecule is COc1cc2c(cc1OC)C(c1ccccc1)N(CC(=O)N(CC(F)(F)F)C(C)C)CC2. The van der Waals surface area contributed by atoms with Gasteiger partial charge in [0.25, 0.3) is 0 Å². The van der Waals surface area contributed by atoms with Crippen LogP contribution in [0.3, 0.4) is 0 Å². The summed E-state index contributed by atoms with van der Waals surface area (Å²) in [5.74, 6) is 0.655. The maximum absolute atomic E-state index is 13.1. The summed E-state index contributed by atoms with van der Waals surface area (Å²) in [6, 6.07) is 12.6. The Bertz CT molecular complexity index is 932. The van der Waals surface area contributed by atoms with Gasteiger partial charge in [0.1, 0.15) is 6.54 Å². The number of alkyl halides is 3. The molecule has 1 amide bonds. The van der Waals surface area contributed by atoms with Crippen LogP contribution in [-0.2, 0) is 11.2 Å².